The maximum atomic E-state index is 11.8. The average molecular weight is 393 g/mol. The van der Waals surface area contributed by atoms with Crippen molar-refractivity contribution in [3.05, 3.63) is 44.5 Å². The first-order valence-electron chi connectivity index (χ1n) is 7.45. The zero-order valence-corrected chi connectivity index (χ0v) is 14.8. The van der Waals surface area contributed by atoms with Crippen molar-refractivity contribution in [3.63, 3.8) is 0 Å². The van der Waals surface area contributed by atoms with E-state index in [0.717, 1.165) is 11.3 Å². The van der Waals surface area contributed by atoms with Crippen molar-refractivity contribution in [2.45, 2.75) is 6.10 Å². The summed E-state index contributed by atoms with van der Waals surface area (Å²) < 4.78 is 5.70. The second-order valence-electron chi connectivity index (χ2n) is 5.42. The van der Waals surface area contributed by atoms with Crippen LogP contribution in [0.5, 0.6) is 11.5 Å². The fourth-order valence-electron chi connectivity index (χ4n) is 2.44. The number of benzene rings is 1. The molecule has 1 unspecified atom stereocenters. The number of thiophene rings is 1. The van der Waals surface area contributed by atoms with Gasteiger partial charge >= 0.3 is 0 Å². The molecule has 3 rings (SSSR count). The number of nitrogens with zero attached hydrogens (tertiary/aromatic N) is 1. The van der Waals surface area contributed by atoms with Crippen LogP contribution in [0.25, 0.3) is 21.3 Å². The minimum atomic E-state index is -0.969. The first kappa shape index (κ1) is 18.2. The van der Waals surface area contributed by atoms with Crippen LogP contribution < -0.4 is 10.3 Å². The second-order valence-corrected chi connectivity index (χ2v) is 7.04. The first-order chi connectivity index (χ1) is 12.5. The van der Waals surface area contributed by atoms with Crippen molar-refractivity contribution in [1.82, 2.24) is 4.98 Å². The average Bonchev–Trinajstić information content (AvgIpc) is 2.96. The molecule has 26 heavy (non-hydrogen) atoms. The van der Waals surface area contributed by atoms with Gasteiger partial charge in [-0.2, -0.15) is 5.26 Å². The minimum Gasteiger partial charge on any atom is -0.506 e. The number of aromatic hydroxyl groups is 1. The third-order valence-electron chi connectivity index (χ3n) is 3.70. The normalized spacial score (nSPS) is 12.1. The van der Waals surface area contributed by atoms with Gasteiger partial charge in [-0.1, -0.05) is 23.7 Å². The van der Waals surface area contributed by atoms with Crippen LogP contribution in [0.1, 0.15) is 5.56 Å². The maximum absolute atomic E-state index is 11.8. The summed E-state index contributed by atoms with van der Waals surface area (Å²) in [6.45, 7) is -0.446. The Morgan fingerprint density at radius 3 is 2.65 bits per heavy atom. The number of nitrogens with one attached hydrogen (secondary N) is 1. The number of hydrogen-bond donors (Lipinski definition) is 4. The monoisotopic (exact) mass is 392 g/mol. The lowest BCUT2D eigenvalue weighted by Crippen LogP contribution is -2.21. The van der Waals surface area contributed by atoms with Gasteiger partial charge in [-0.05, 0) is 17.7 Å². The Balaban J connectivity index is 2.04. The lowest BCUT2D eigenvalue weighted by molar-refractivity contribution is 0.0536. The molecule has 0 bridgehead atoms. The van der Waals surface area contributed by atoms with Crippen molar-refractivity contribution >= 4 is 33.2 Å². The first-order valence-corrected chi connectivity index (χ1v) is 8.65. The Morgan fingerprint density at radius 1 is 1.35 bits per heavy atom. The van der Waals surface area contributed by atoms with E-state index in [9.17, 15) is 15.0 Å². The van der Waals surface area contributed by atoms with E-state index in [-0.39, 0.29) is 12.2 Å². The molecule has 134 valence electrons. The molecule has 0 aliphatic carbocycles. The lowest BCUT2D eigenvalue weighted by atomic mass is 10.0. The Bertz CT molecular complexity index is 1050. The van der Waals surface area contributed by atoms with Gasteiger partial charge in [0, 0.05) is 5.56 Å². The Kier molecular flexibility index (Phi) is 5.15. The maximum Gasteiger partial charge on any atom is 0.270 e. The lowest BCUT2D eigenvalue weighted by Gasteiger charge is -2.10. The third kappa shape index (κ3) is 3.25. The molecule has 0 amide bonds. The van der Waals surface area contributed by atoms with E-state index in [1.54, 1.807) is 30.3 Å². The van der Waals surface area contributed by atoms with Crippen molar-refractivity contribution < 1.29 is 20.1 Å². The number of rotatable bonds is 5. The molecule has 0 saturated carbocycles. The van der Waals surface area contributed by atoms with Crippen molar-refractivity contribution in [1.29, 1.82) is 5.26 Å². The molecule has 9 heteroatoms. The summed E-state index contributed by atoms with van der Waals surface area (Å²) in [4.78, 5) is 14.7. The standard InChI is InChI=1S/C17H13ClN2O5S/c18-15-12(8-1-3-10(4-2-8)25-7-9(22)6-21)13-14(23)11(5-19)16(24)20-17(13)26-15/h1-4,9,21-22H,6-7H2,(H2,20,23,24). The molecule has 2 heterocycles. The molecule has 1 atom stereocenters. The molecular weight excluding hydrogens is 380 g/mol. The van der Waals surface area contributed by atoms with E-state index >= 15 is 0 Å². The van der Waals surface area contributed by atoms with Crippen molar-refractivity contribution in [2.24, 2.45) is 0 Å². The molecule has 0 aliphatic rings. The fraction of sp³-hybridized carbons (Fsp3) is 0.176. The number of nitriles is 1. The predicted molar refractivity (Wildman–Crippen MR) is 97.9 cm³/mol. The number of aliphatic hydroxyl groups excluding tert-OH is 2. The van der Waals surface area contributed by atoms with Gasteiger partial charge < -0.3 is 25.0 Å². The molecule has 1 aromatic carbocycles. The van der Waals surface area contributed by atoms with Crippen LogP contribution in [-0.2, 0) is 0 Å². The van der Waals surface area contributed by atoms with E-state index in [2.05, 4.69) is 4.98 Å². The molecular formula is C17H13ClN2O5S. The second kappa shape index (κ2) is 7.35. The van der Waals surface area contributed by atoms with Gasteiger partial charge in [0.05, 0.1) is 12.0 Å². The van der Waals surface area contributed by atoms with Gasteiger partial charge in [0.2, 0.25) is 0 Å². The van der Waals surface area contributed by atoms with Crippen LogP contribution in [0.2, 0.25) is 4.34 Å². The van der Waals surface area contributed by atoms with E-state index in [1.165, 1.54) is 0 Å². The molecule has 0 fully saturated rings. The molecule has 7 nitrogen and oxygen atoms in total. The predicted octanol–water partition coefficient (Wildman–Crippen LogP) is 2.22. The van der Waals surface area contributed by atoms with Gasteiger partial charge in [-0.3, -0.25) is 4.79 Å². The number of H-pyrrole nitrogens is 1. The number of aromatic nitrogens is 1. The number of aromatic amines is 1. The highest BCUT2D eigenvalue weighted by molar-refractivity contribution is 7.23. The number of hydrogen-bond acceptors (Lipinski definition) is 7. The summed E-state index contributed by atoms with van der Waals surface area (Å²) in [5.74, 6) is 0.0723. The van der Waals surface area contributed by atoms with E-state index in [0.29, 0.717) is 31.4 Å². The Hall–Kier alpha value is -2.57. The molecule has 2 aromatic heterocycles. The zero-order chi connectivity index (χ0) is 18.8. The van der Waals surface area contributed by atoms with Crippen LogP contribution in [0.15, 0.2) is 29.1 Å². The molecule has 4 N–H and O–H groups in total. The van der Waals surface area contributed by atoms with Crippen LogP contribution in [-0.4, -0.2) is 39.6 Å². The van der Waals surface area contributed by atoms with Gasteiger partial charge in [0.1, 0.15) is 39.4 Å². The zero-order valence-electron chi connectivity index (χ0n) is 13.2. The van der Waals surface area contributed by atoms with Gasteiger partial charge in [-0.15, -0.1) is 11.3 Å². The van der Waals surface area contributed by atoms with Crippen molar-refractivity contribution in [3.8, 4) is 28.7 Å². The summed E-state index contributed by atoms with van der Waals surface area (Å²) in [5.41, 5.74) is 0.112. The van der Waals surface area contributed by atoms with E-state index in [1.807, 2.05) is 0 Å². The number of pyridine rings is 1. The molecule has 0 saturated heterocycles. The number of fused-ring (bicyclic) bond motifs is 1. The van der Waals surface area contributed by atoms with E-state index in [4.69, 9.17) is 26.7 Å². The fourth-order valence-corrected chi connectivity index (χ4v) is 3.82. The number of aliphatic hydroxyl groups is 2. The van der Waals surface area contributed by atoms with Gasteiger partial charge in [0.15, 0.2) is 5.56 Å². The number of ether oxygens (including phenoxy) is 1. The van der Waals surface area contributed by atoms with Crippen LogP contribution in [0, 0.1) is 11.3 Å². The Labute approximate surface area is 156 Å². The van der Waals surface area contributed by atoms with Crippen LogP contribution >= 0.6 is 22.9 Å². The molecule has 3 aromatic rings. The summed E-state index contributed by atoms with van der Waals surface area (Å²) in [5, 5.41) is 37.8. The Morgan fingerprint density at radius 2 is 2.04 bits per heavy atom. The van der Waals surface area contributed by atoms with Crippen molar-refractivity contribution in [2.75, 3.05) is 13.2 Å². The minimum absolute atomic E-state index is 0.0501. The quantitative estimate of drug-likeness (QED) is 0.527. The summed E-state index contributed by atoms with van der Waals surface area (Å²) in [6, 6.07) is 8.38. The summed E-state index contributed by atoms with van der Waals surface area (Å²) in [7, 11) is 0. The molecule has 0 spiro atoms. The topological polar surface area (TPSA) is 127 Å². The smallest absolute Gasteiger partial charge is 0.270 e. The largest absolute Gasteiger partial charge is 0.506 e. The highest BCUT2D eigenvalue weighted by atomic mass is 35.5. The number of halogens is 1. The van der Waals surface area contributed by atoms with Gasteiger partial charge in [-0.25, -0.2) is 0 Å². The molecule has 0 radical (unpaired) electrons. The van der Waals surface area contributed by atoms with Crippen LogP contribution in [0.4, 0.5) is 0 Å². The summed E-state index contributed by atoms with van der Waals surface area (Å²) in [6.07, 6.45) is -0.969. The van der Waals surface area contributed by atoms with Gasteiger partial charge in [0.25, 0.3) is 5.56 Å². The summed E-state index contributed by atoms with van der Waals surface area (Å²) >= 11 is 7.38. The van der Waals surface area contributed by atoms with Crippen LogP contribution in [0.3, 0.4) is 0 Å². The van der Waals surface area contributed by atoms with E-state index < -0.39 is 24.0 Å². The highest BCUT2D eigenvalue weighted by Crippen LogP contribution is 2.45. The SMILES string of the molecule is N#Cc1c(O)c2c(-c3ccc(OCC(O)CO)cc3)c(Cl)sc2[nH]c1=O. The third-order valence-corrected chi connectivity index (χ3v) is 5.02. The molecule has 0 aliphatic heterocycles. The highest BCUT2D eigenvalue weighted by Gasteiger charge is 2.21.